The van der Waals surface area contributed by atoms with Crippen molar-refractivity contribution in [1.29, 1.82) is 0 Å². The quantitative estimate of drug-likeness (QED) is 0.800. The van der Waals surface area contributed by atoms with Gasteiger partial charge in [-0.3, -0.25) is 10.1 Å². The number of carbonyl (C=O) groups excluding carboxylic acids is 1. The Labute approximate surface area is 140 Å². The minimum Gasteiger partial charge on any atom is -0.488 e. The van der Waals surface area contributed by atoms with Crippen LogP contribution in [0.3, 0.4) is 0 Å². The molecule has 2 N–H and O–H groups in total. The van der Waals surface area contributed by atoms with Gasteiger partial charge in [-0.15, -0.1) is 0 Å². The summed E-state index contributed by atoms with van der Waals surface area (Å²) in [4.78, 5) is 29.0. The van der Waals surface area contributed by atoms with Gasteiger partial charge in [0.15, 0.2) is 5.75 Å². The van der Waals surface area contributed by atoms with E-state index >= 15 is 0 Å². The molecule has 1 unspecified atom stereocenters. The van der Waals surface area contributed by atoms with Crippen molar-refractivity contribution in [2.75, 3.05) is 17.2 Å². The summed E-state index contributed by atoms with van der Waals surface area (Å²) in [5.41, 5.74) is 0. The van der Waals surface area contributed by atoms with Crippen molar-refractivity contribution in [3.63, 3.8) is 0 Å². The number of ether oxygens (including phenoxy) is 1. The molecule has 0 aliphatic carbocycles. The lowest BCUT2D eigenvalue weighted by Gasteiger charge is -2.15. The van der Waals surface area contributed by atoms with Crippen LogP contribution in [0.25, 0.3) is 0 Å². The molecule has 0 bridgehead atoms. The Hall–Kier alpha value is -3.05. The average molecular weight is 357 g/mol. The van der Waals surface area contributed by atoms with Gasteiger partial charge in [-0.25, -0.2) is 19.9 Å². The van der Waals surface area contributed by atoms with E-state index in [2.05, 4.69) is 35.6 Å². The molecule has 9 nitrogen and oxygen atoms in total. The molecule has 0 aliphatic heterocycles. The van der Waals surface area contributed by atoms with Crippen LogP contribution in [0.4, 0.5) is 25.1 Å². The largest absolute Gasteiger partial charge is 0.488 e. The summed E-state index contributed by atoms with van der Waals surface area (Å²) in [6.45, 7) is 3.15. The third kappa shape index (κ3) is 5.82. The molecule has 25 heavy (non-hydrogen) atoms. The highest BCUT2D eigenvalue weighted by molar-refractivity contribution is 5.86. The van der Waals surface area contributed by atoms with E-state index in [1.165, 1.54) is 13.3 Å². The molecule has 0 radical (unpaired) electrons. The van der Waals surface area contributed by atoms with Gasteiger partial charge < -0.3 is 10.1 Å². The van der Waals surface area contributed by atoms with Crippen LogP contribution in [-0.4, -0.2) is 43.5 Å². The fourth-order valence-electron chi connectivity index (χ4n) is 1.60. The van der Waals surface area contributed by atoms with Crippen molar-refractivity contribution >= 4 is 17.8 Å². The van der Waals surface area contributed by atoms with Crippen molar-refractivity contribution in [2.45, 2.75) is 26.1 Å². The fourth-order valence-corrected chi connectivity index (χ4v) is 1.60. The number of hydrogen-bond donors (Lipinski definition) is 2. The van der Waals surface area contributed by atoms with Crippen molar-refractivity contribution in [2.24, 2.45) is 0 Å². The zero-order valence-electron chi connectivity index (χ0n) is 13.2. The molecule has 134 valence electrons. The summed E-state index contributed by atoms with van der Waals surface area (Å²) in [6, 6.07) is -0.296. The topological polar surface area (TPSA) is 115 Å². The maximum absolute atomic E-state index is 12.4. The summed E-state index contributed by atoms with van der Waals surface area (Å²) in [5.74, 6) is -1.17. The Balaban J connectivity index is 1.88. The molecule has 2 aromatic heterocycles. The van der Waals surface area contributed by atoms with Crippen molar-refractivity contribution in [1.82, 2.24) is 24.9 Å². The number of hydrogen-bond acceptors (Lipinski definition) is 8. The van der Waals surface area contributed by atoms with Crippen LogP contribution in [-0.2, 0) is 11.0 Å². The maximum atomic E-state index is 12.4. The number of aromatic nitrogens is 5. The van der Waals surface area contributed by atoms with Crippen LogP contribution in [0.15, 0.2) is 18.7 Å². The van der Waals surface area contributed by atoms with Crippen LogP contribution < -0.4 is 15.4 Å². The third-order valence-electron chi connectivity index (χ3n) is 2.62. The van der Waals surface area contributed by atoms with E-state index < -0.39 is 12.0 Å². The van der Waals surface area contributed by atoms with Crippen LogP contribution in [0.1, 0.15) is 19.7 Å². The number of carbonyl (C=O) groups is 1. The summed E-state index contributed by atoms with van der Waals surface area (Å²) < 4.78 is 42.4. The third-order valence-corrected chi connectivity index (χ3v) is 2.62. The molecule has 1 atom stereocenters. The Bertz CT molecular complexity index is 724. The SMILES string of the molecule is CC(=O)Nc1ncnc(NC(C)COc2cnc(C(F)(F)F)nc2)n1. The summed E-state index contributed by atoms with van der Waals surface area (Å²) in [5, 5.41) is 5.31. The zero-order valence-corrected chi connectivity index (χ0v) is 13.2. The van der Waals surface area contributed by atoms with Gasteiger partial charge in [-0.1, -0.05) is 0 Å². The van der Waals surface area contributed by atoms with Gasteiger partial charge in [-0.05, 0) is 6.92 Å². The molecule has 0 aliphatic rings. The van der Waals surface area contributed by atoms with E-state index in [1.807, 2.05) is 0 Å². The first-order valence-electron chi connectivity index (χ1n) is 6.99. The second kappa shape index (κ2) is 7.68. The minimum absolute atomic E-state index is 0.0919. The van der Waals surface area contributed by atoms with E-state index in [0.717, 1.165) is 12.4 Å². The highest BCUT2D eigenvalue weighted by Gasteiger charge is 2.34. The predicted molar refractivity (Wildman–Crippen MR) is 79.7 cm³/mol. The molecule has 2 aromatic rings. The first-order valence-corrected chi connectivity index (χ1v) is 6.99. The number of nitrogens with one attached hydrogen (secondary N) is 2. The molecular formula is C13H14F3N7O2. The lowest BCUT2D eigenvalue weighted by atomic mass is 10.4. The summed E-state index contributed by atoms with van der Waals surface area (Å²) in [6.07, 6.45) is -1.49. The standard InChI is InChI=1S/C13H14F3N7O2/c1-7(21-11-19-6-20-12(23-11)22-8(2)24)5-25-9-3-17-10(18-4-9)13(14,15)16/h3-4,6-7H,5H2,1-2H3,(H2,19,20,21,22,23,24). The van der Waals surface area contributed by atoms with Crippen LogP contribution >= 0.6 is 0 Å². The van der Waals surface area contributed by atoms with Gasteiger partial charge in [0.2, 0.25) is 23.6 Å². The maximum Gasteiger partial charge on any atom is 0.451 e. The molecule has 0 fully saturated rings. The predicted octanol–water partition coefficient (Wildman–Crippen LogP) is 1.52. The van der Waals surface area contributed by atoms with E-state index in [1.54, 1.807) is 6.92 Å². The minimum atomic E-state index is -4.60. The highest BCUT2D eigenvalue weighted by Crippen LogP contribution is 2.26. The van der Waals surface area contributed by atoms with Crippen LogP contribution in [0, 0.1) is 0 Å². The Morgan fingerprint density at radius 3 is 2.44 bits per heavy atom. The number of anilines is 2. The molecule has 0 aromatic carbocycles. The van der Waals surface area contributed by atoms with E-state index in [0.29, 0.717) is 0 Å². The van der Waals surface area contributed by atoms with Gasteiger partial charge in [0.25, 0.3) is 0 Å². The zero-order chi connectivity index (χ0) is 18.4. The molecule has 2 heterocycles. The van der Waals surface area contributed by atoms with Gasteiger partial charge in [0, 0.05) is 6.92 Å². The number of amides is 1. The van der Waals surface area contributed by atoms with Gasteiger partial charge in [-0.2, -0.15) is 18.2 Å². The van der Waals surface area contributed by atoms with Gasteiger partial charge in [0.05, 0.1) is 18.4 Å². The molecule has 0 saturated carbocycles. The number of alkyl halides is 3. The number of rotatable bonds is 6. The van der Waals surface area contributed by atoms with E-state index in [4.69, 9.17) is 4.74 Å². The highest BCUT2D eigenvalue weighted by atomic mass is 19.4. The average Bonchev–Trinajstić information content (AvgIpc) is 2.52. The number of halogens is 3. The first kappa shape index (κ1) is 18.3. The lowest BCUT2D eigenvalue weighted by Crippen LogP contribution is -2.25. The normalized spacial score (nSPS) is 12.4. The Morgan fingerprint density at radius 2 is 1.84 bits per heavy atom. The molecule has 0 saturated heterocycles. The Morgan fingerprint density at radius 1 is 1.20 bits per heavy atom. The summed E-state index contributed by atoms with van der Waals surface area (Å²) in [7, 11) is 0. The fraction of sp³-hybridized carbons (Fsp3) is 0.385. The second-order valence-corrected chi connectivity index (χ2v) is 4.91. The monoisotopic (exact) mass is 357 g/mol. The van der Waals surface area contributed by atoms with Gasteiger partial charge >= 0.3 is 6.18 Å². The molecule has 0 spiro atoms. The van der Waals surface area contributed by atoms with E-state index in [9.17, 15) is 18.0 Å². The number of nitrogens with zero attached hydrogens (tertiary/aromatic N) is 5. The van der Waals surface area contributed by atoms with Crippen LogP contribution in [0.2, 0.25) is 0 Å². The van der Waals surface area contributed by atoms with Gasteiger partial charge in [0.1, 0.15) is 12.9 Å². The van der Waals surface area contributed by atoms with Crippen molar-refractivity contribution in [3.05, 3.63) is 24.5 Å². The first-order chi connectivity index (χ1) is 11.7. The second-order valence-electron chi connectivity index (χ2n) is 4.91. The Kier molecular flexibility index (Phi) is 5.62. The smallest absolute Gasteiger partial charge is 0.451 e. The molecule has 12 heteroatoms. The summed E-state index contributed by atoms with van der Waals surface area (Å²) >= 11 is 0. The van der Waals surface area contributed by atoms with Crippen molar-refractivity contribution < 1.29 is 22.7 Å². The van der Waals surface area contributed by atoms with E-state index in [-0.39, 0.29) is 36.2 Å². The molecular weight excluding hydrogens is 343 g/mol. The van der Waals surface area contributed by atoms with Crippen molar-refractivity contribution in [3.8, 4) is 5.75 Å². The lowest BCUT2D eigenvalue weighted by molar-refractivity contribution is -0.145. The van der Waals surface area contributed by atoms with Crippen LogP contribution in [0.5, 0.6) is 5.75 Å². The molecule has 2 rings (SSSR count). The molecule has 1 amide bonds.